The Kier molecular flexibility index (Phi) is 5.14. The highest BCUT2D eigenvalue weighted by Gasteiger charge is 2.10. The standard InChI is InChI=1S/C15H12BrCl2NO2/c1-8-6-14(9(2)5-11(8)16)21-15(20)19-10-3-4-12(17)13(18)7-10/h3-7H,1-2H3,(H,19,20). The van der Waals surface area contributed by atoms with Crippen molar-refractivity contribution in [3.05, 3.63) is 56.0 Å². The molecule has 0 heterocycles. The van der Waals surface area contributed by atoms with Gasteiger partial charge in [-0.25, -0.2) is 4.79 Å². The number of amides is 1. The minimum atomic E-state index is -0.585. The van der Waals surface area contributed by atoms with Crippen LogP contribution in [-0.2, 0) is 0 Å². The Hall–Kier alpha value is -1.23. The van der Waals surface area contributed by atoms with Crippen molar-refractivity contribution in [1.29, 1.82) is 0 Å². The highest BCUT2D eigenvalue weighted by atomic mass is 79.9. The van der Waals surface area contributed by atoms with Gasteiger partial charge >= 0.3 is 6.09 Å². The van der Waals surface area contributed by atoms with Gasteiger partial charge in [0.15, 0.2) is 0 Å². The Morgan fingerprint density at radius 1 is 1.10 bits per heavy atom. The molecule has 0 aliphatic heterocycles. The number of rotatable bonds is 2. The van der Waals surface area contributed by atoms with Crippen LogP contribution in [0.4, 0.5) is 10.5 Å². The van der Waals surface area contributed by atoms with Crippen molar-refractivity contribution in [2.24, 2.45) is 0 Å². The Morgan fingerprint density at radius 2 is 1.81 bits per heavy atom. The molecule has 6 heteroatoms. The number of hydrogen-bond donors (Lipinski definition) is 1. The molecule has 1 amide bonds. The smallest absolute Gasteiger partial charge is 0.410 e. The van der Waals surface area contributed by atoms with E-state index in [1.807, 2.05) is 19.9 Å². The minimum absolute atomic E-state index is 0.366. The molecule has 2 aromatic carbocycles. The molecule has 0 saturated heterocycles. The molecule has 0 spiro atoms. The van der Waals surface area contributed by atoms with Gasteiger partial charge in [-0.3, -0.25) is 5.32 Å². The van der Waals surface area contributed by atoms with Crippen molar-refractivity contribution in [3.8, 4) is 5.75 Å². The maximum atomic E-state index is 11.9. The van der Waals surface area contributed by atoms with Crippen LogP contribution in [0.25, 0.3) is 0 Å². The van der Waals surface area contributed by atoms with E-state index in [0.717, 1.165) is 15.6 Å². The first-order chi connectivity index (χ1) is 9.86. The highest BCUT2D eigenvalue weighted by molar-refractivity contribution is 9.10. The molecule has 0 atom stereocenters. The van der Waals surface area contributed by atoms with Gasteiger partial charge in [-0.15, -0.1) is 0 Å². The van der Waals surface area contributed by atoms with Gasteiger partial charge in [-0.1, -0.05) is 39.1 Å². The number of nitrogens with one attached hydrogen (secondary N) is 1. The number of aryl methyl sites for hydroxylation is 2. The van der Waals surface area contributed by atoms with Crippen LogP contribution >= 0.6 is 39.1 Å². The number of hydrogen-bond acceptors (Lipinski definition) is 2. The first-order valence-corrected chi connectivity index (χ1v) is 7.62. The maximum absolute atomic E-state index is 11.9. The molecule has 0 aromatic heterocycles. The topological polar surface area (TPSA) is 38.3 Å². The predicted octanol–water partition coefficient (Wildman–Crippen LogP) is 5.98. The largest absolute Gasteiger partial charge is 0.417 e. The molecule has 0 radical (unpaired) electrons. The first kappa shape index (κ1) is 16.1. The number of halogens is 3. The van der Waals surface area contributed by atoms with Gasteiger partial charge in [0, 0.05) is 10.2 Å². The number of benzene rings is 2. The lowest BCUT2D eigenvalue weighted by atomic mass is 10.1. The van der Waals surface area contributed by atoms with Crippen LogP contribution < -0.4 is 10.1 Å². The van der Waals surface area contributed by atoms with Crippen LogP contribution in [0.5, 0.6) is 5.75 Å². The van der Waals surface area contributed by atoms with Crippen molar-refractivity contribution in [2.75, 3.05) is 5.32 Å². The molecule has 2 aromatic rings. The van der Waals surface area contributed by atoms with Crippen molar-refractivity contribution in [2.45, 2.75) is 13.8 Å². The third kappa shape index (κ3) is 4.13. The summed E-state index contributed by atoms with van der Waals surface area (Å²) in [5.74, 6) is 0.508. The van der Waals surface area contributed by atoms with E-state index in [1.54, 1.807) is 24.3 Å². The molecule has 0 saturated carbocycles. The molecule has 0 bridgehead atoms. The van der Waals surface area contributed by atoms with E-state index >= 15 is 0 Å². The van der Waals surface area contributed by atoms with E-state index in [2.05, 4.69) is 21.2 Å². The fourth-order valence-electron chi connectivity index (χ4n) is 1.68. The zero-order valence-corrected chi connectivity index (χ0v) is 14.4. The lowest BCUT2D eigenvalue weighted by Gasteiger charge is -2.11. The highest BCUT2D eigenvalue weighted by Crippen LogP contribution is 2.27. The molecule has 3 nitrogen and oxygen atoms in total. The van der Waals surface area contributed by atoms with Gasteiger partial charge in [-0.2, -0.15) is 0 Å². The SMILES string of the molecule is Cc1cc(OC(=O)Nc2ccc(Cl)c(Cl)c2)c(C)cc1Br. The zero-order valence-electron chi connectivity index (χ0n) is 11.3. The molecule has 0 aliphatic carbocycles. The van der Waals surface area contributed by atoms with Crippen LogP contribution in [0.2, 0.25) is 10.0 Å². The summed E-state index contributed by atoms with van der Waals surface area (Å²) in [4.78, 5) is 11.9. The average molecular weight is 389 g/mol. The Bertz CT molecular complexity index is 704. The van der Waals surface area contributed by atoms with Gasteiger partial charge in [0.2, 0.25) is 0 Å². The number of carbonyl (C=O) groups is 1. The Morgan fingerprint density at radius 3 is 2.48 bits per heavy atom. The van der Waals surface area contributed by atoms with E-state index in [9.17, 15) is 4.79 Å². The summed E-state index contributed by atoms with van der Waals surface area (Å²) in [6, 6.07) is 8.51. The summed E-state index contributed by atoms with van der Waals surface area (Å²) in [6.45, 7) is 3.79. The summed E-state index contributed by atoms with van der Waals surface area (Å²) in [5.41, 5.74) is 2.36. The lowest BCUT2D eigenvalue weighted by molar-refractivity contribution is 0.215. The second-order valence-electron chi connectivity index (χ2n) is 4.51. The molecule has 2 rings (SSSR count). The van der Waals surface area contributed by atoms with Crippen molar-refractivity contribution >= 4 is 50.9 Å². The molecule has 0 aliphatic rings. The minimum Gasteiger partial charge on any atom is -0.410 e. The van der Waals surface area contributed by atoms with Gasteiger partial charge in [-0.05, 0) is 55.3 Å². The quantitative estimate of drug-likeness (QED) is 0.686. The molecule has 0 unspecified atom stereocenters. The summed E-state index contributed by atoms with van der Waals surface area (Å²) in [7, 11) is 0. The van der Waals surface area contributed by atoms with Gasteiger partial charge in [0.05, 0.1) is 10.0 Å². The van der Waals surface area contributed by atoms with E-state index in [1.165, 1.54) is 0 Å². The van der Waals surface area contributed by atoms with E-state index < -0.39 is 6.09 Å². The van der Waals surface area contributed by atoms with Crippen molar-refractivity contribution in [3.63, 3.8) is 0 Å². The number of ether oxygens (including phenoxy) is 1. The van der Waals surface area contributed by atoms with E-state index in [-0.39, 0.29) is 0 Å². The number of carbonyl (C=O) groups excluding carboxylic acids is 1. The normalized spacial score (nSPS) is 10.3. The first-order valence-electron chi connectivity index (χ1n) is 6.07. The van der Waals surface area contributed by atoms with Crippen LogP contribution in [0, 0.1) is 13.8 Å². The summed E-state index contributed by atoms with van der Waals surface area (Å²) in [5, 5.41) is 3.40. The van der Waals surface area contributed by atoms with Gasteiger partial charge in [0.25, 0.3) is 0 Å². The van der Waals surface area contributed by atoms with E-state index in [0.29, 0.717) is 21.5 Å². The Labute approximate surface area is 141 Å². The van der Waals surface area contributed by atoms with Crippen LogP contribution in [0.1, 0.15) is 11.1 Å². The van der Waals surface area contributed by atoms with Crippen molar-refractivity contribution < 1.29 is 9.53 Å². The summed E-state index contributed by atoms with van der Waals surface area (Å²) in [6.07, 6.45) is -0.585. The van der Waals surface area contributed by atoms with Crippen LogP contribution in [0.15, 0.2) is 34.8 Å². The molecular formula is C15H12BrCl2NO2. The average Bonchev–Trinajstić information content (AvgIpc) is 2.40. The van der Waals surface area contributed by atoms with Crippen LogP contribution in [-0.4, -0.2) is 6.09 Å². The second kappa shape index (κ2) is 6.69. The summed E-state index contributed by atoms with van der Waals surface area (Å²) < 4.78 is 6.28. The molecule has 1 N–H and O–H groups in total. The second-order valence-corrected chi connectivity index (χ2v) is 6.18. The molecular weight excluding hydrogens is 377 g/mol. The lowest BCUT2D eigenvalue weighted by Crippen LogP contribution is -2.17. The maximum Gasteiger partial charge on any atom is 0.417 e. The monoisotopic (exact) mass is 387 g/mol. The van der Waals surface area contributed by atoms with Gasteiger partial charge in [0.1, 0.15) is 5.75 Å². The third-order valence-corrected chi connectivity index (χ3v) is 4.42. The van der Waals surface area contributed by atoms with Crippen LogP contribution in [0.3, 0.4) is 0 Å². The number of anilines is 1. The van der Waals surface area contributed by atoms with E-state index in [4.69, 9.17) is 27.9 Å². The predicted molar refractivity (Wildman–Crippen MR) is 89.7 cm³/mol. The molecule has 21 heavy (non-hydrogen) atoms. The molecule has 0 fully saturated rings. The molecule has 110 valence electrons. The summed E-state index contributed by atoms with van der Waals surface area (Å²) >= 11 is 15.1. The third-order valence-electron chi connectivity index (χ3n) is 2.82. The zero-order chi connectivity index (χ0) is 15.6. The fourth-order valence-corrected chi connectivity index (χ4v) is 2.44. The Balaban J connectivity index is 2.11. The fraction of sp³-hybridized carbons (Fsp3) is 0.133. The van der Waals surface area contributed by atoms with Crippen molar-refractivity contribution in [1.82, 2.24) is 0 Å². The van der Waals surface area contributed by atoms with Gasteiger partial charge < -0.3 is 4.74 Å².